The minimum atomic E-state index is -0.224. The number of furan rings is 1. The number of methoxy groups -OCH3 is 2. The molecule has 4 aromatic rings. The molecule has 2 aromatic carbocycles. The fourth-order valence-electron chi connectivity index (χ4n) is 2.88. The third-order valence-electron chi connectivity index (χ3n) is 4.15. The highest BCUT2D eigenvalue weighted by atomic mass is 35.5. The van der Waals surface area contributed by atoms with Crippen LogP contribution in [-0.4, -0.2) is 14.2 Å². The fourth-order valence-corrected chi connectivity index (χ4v) is 3.57. The average molecular weight is 391 g/mol. The van der Waals surface area contributed by atoms with E-state index in [1.165, 1.54) is 26.5 Å². The van der Waals surface area contributed by atoms with Gasteiger partial charge >= 0.3 is 0 Å². The Balaban J connectivity index is 2.11. The summed E-state index contributed by atoms with van der Waals surface area (Å²) in [4.78, 5) is 12.6. The van der Waals surface area contributed by atoms with Gasteiger partial charge in [-0.25, -0.2) is 0 Å². The van der Waals surface area contributed by atoms with Crippen LogP contribution in [0.3, 0.4) is 0 Å². The molecule has 0 saturated heterocycles. The minimum absolute atomic E-state index is 0.211. The van der Waals surface area contributed by atoms with Gasteiger partial charge in [-0.1, -0.05) is 23.2 Å². The number of hydrogen-bond acceptors (Lipinski definition) is 5. The van der Waals surface area contributed by atoms with Gasteiger partial charge in [0.25, 0.3) is 0 Å². The van der Waals surface area contributed by atoms with E-state index in [4.69, 9.17) is 41.5 Å². The van der Waals surface area contributed by atoms with Crippen molar-refractivity contribution in [3.05, 3.63) is 56.9 Å². The zero-order chi connectivity index (χ0) is 18.4. The predicted molar refractivity (Wildman–Crippen MR) is 101 cm³/mol. The Bertz CT molecular complexity index is 1180. The smallest absolute Gasteiger partial charge is 0.193 e. The first kappa shape index (κ1) is 16.8. The maximum atomic E-state index is 12.6. The van der Waals surface area contributed by atoms with Gasteiger partial charge in [0.05, 0.1) is 46.9 Å². The molecule has 0 fully saturated rings. The second-order valence-electron chi connectivity index (χ2n) is 5.53. The third kappa shape index (κ3) is 2.43. The highest BCUT2D eigenvalue weighted by Crippen LogP contribution is 2.46. The maximum absolute atomic E-state index is 12.6. The molecule has 0 saturated carbocycles. The molecule has 0 bridgehead atoms. The number of hydrogen-bond donors (Lipinski definition) is 0. The molecule has 132 valence electrons. The molecule has 0 aliphatic carbocycles. The standard InChI is InChI=1S/C19H12Cl2O5/c1-23-14-8-15(24-2)18(21)16(17(14)20)13-7-11(22)9-3-4-12-10(5-6-25-12)19(9)26-13/h3-8H,1-2H3. The van der Waals surface area contributed by atoms with E-state index in [1.807, 2.05) is 0 Å². The van der Waals surface area contributed by atoms with Crippen LogP contribution in [0.15, 0.2) is 50.2 Å². The molecule has 4 rings (SSSR count). The van der Waals surface area contributed by atoms with Crippen LogP contribution in [0.25, 0.3) is 33.3 Å². The van der Waals surface area contributed by atoms with E-state index in [0.29, 0.717) is 39.0 Å². The van der Waals surface area contributed by atoms with Gasteiger partial charge in [-0.05, 0) is 18.2 Å². The van der Waals surface area contributed by atoms with Crippen LogP contribution in [-0.2, 0) is 0 Å². The van der Waals surface area contributed by atoms with Gasteiger partial charge in [-0.2, -0.15) is 0 Å². The zero-order valence-corrected chi connectivity index (χ0v) is 15.3. The van der Waals surface area contributed by atoms with Gasteiger partial charge in [0.15, 0.2) is 5.43 Å². The largest absolute Gasteiger partial charge is 0.495 e. The molecule has 0 aliphatic rings. The van der Waals surface area contributed by atoms with E-state index in [9.17, 15) is 4.79 Å². The Morgan fingerprint density at radius 1 is 0.923 bits per heavy atom. The first-order valence-corrected chi connectivity index (χ1v) is 8.35. The molecular formula is C19H12Cl2O5. The fraction of sp³-hybridized carbons (Fsp3) is 0.105. The molecule has 2 heterocycles. The average Bonchev–Trinajstić information content (AvgIpc) is 3.11. The van der Waals surface area contributed by atoms with Gasteiger partial charge in [-0.3, -0.25) is 4.79 Å². The Kier molecular flexibility index (Phi) is 4.05. The molecule has 5 nitrogen and oxygen atoms in total. The summed E-state index contributed by atoms with van der Waals surface area (Å²) in [5, 5.41) is 1.56. The molecule has 0 atom stereocenters. The lowest BCUT2D eigenvalue weighted by atomic mass is 10.1. The van der Waals surface area contributed by atoms with Crippen molar-refractivity contribution in [1.29, 1.82) is 0 Å². The van der Waals surface area contributed by atoms with E-state index in [2.05, 4.69) is 0 Å². The molecule has 0 N–H and O–H groups in total. The van der Waals surface area contributed by atoms with Gasteiger partial charge in [0.1, 0.15) is 28.4 Å². The Morgan fingerprint density at radius 3 is 2.27 bits per heavy atom. The lowest BCUT2D eigenvalue weighted by Crippen LogP contribution is -2.01. The number of rotatable bonds is 3. The molecule has 0 amide bonds. The monoisotopic (exact) mass is 390 g/mol. The van der Waals surface area contributed by atoms with Gasteiger partial charge < -0.3 is 18.3 Å². The van der Waals surface area contributed by atoms with Gasteiger partial charge in [0, 0.05) is 12.1 Å². The van der Waals surface area contributed by atoms with E-state index in [1.54, 1.807) is 24.3 Å². The van der Waals surface area contributed by atoms with Crippen molar-refractivity contribution >= 4 is 45.1 Å². The van der Waals surface area contributed by atoms with Gasteiger partial charge in [-0.15, -0.1) is 0 Å². The molecule has 7 heteroatoms. The van der Waals surface area contributed by atoms with Crippen molar-refractivity contribution in [3.8, 4) is 22.8 Å². The normalized spacial score (nSPS) is 11.2. The lowest BCUT2D eigenvalue weighted by molar-refractivity contribution is 0.394. The molecule has 0 unspecified atom stereocenters. The first-order valence-electron chi connectivity index (χ1n) is 7.59. The minimum Gasteiger partial charge on any atom is -0.495 e. The van der Waals surface area contributed by atoms with Crippen LogP contribution in [0, 0.1) is 0 Å². The van der Waals surface area contributed by atoms with E-state index in [-0.39, 0.29) is 21.2 Å². The van der Waals surface area contributed by atoms with Crippen molar-refractivity contribution in [1.82, 2.24) is 0 Å². The zero-order valence-electron chi connectivity index (χ0n) is 13.8. The van der Waals surface area contributed by atoms with Crippen LogP contribution in [0.5, 0.6) is 11.5 Å². The van der Waals surface area contributed by atoms with E-state index in [0.717, 1.165) is 0 Å². The Morgan fingerprint density at radius 2 is 1.62 bits per heavy atom. The first-order chi connectivity index (χ1) is 12.5. The summed E-state index contributed by atoms with van der Waals surface area (Å²) in [7, 11) is 2.95. The molecule has 0 spiro atoms. The highest BCUT2D eigenvalue weighted by Gasteiger charge is 2.22. The SMILES string of the molecule is COc1cc(OC)c(Cl)c(-c2cc(=O)c3ccc4occc4c3o2)c1Cl. The predicted octanol–water partition coefficient (Wildman–Crippen LogP) is 5.53. The second-order valence-corrected chi connectivity index (χ2v) is 6.29. The summed E-state index contributed by atoms with van der Waals surface area (Å²) < 4.78 is 21.9. The quantitative estimate of drug-likeness (QED) is 0.460. The van der Waals surface area contributed by atoms with Crippen molar-refractivity contribution < 1.29 is 18.3 Å². The number of fused-ring (bicyclic) bond motifs is 3. The highest BCUT2D eigenvalue weighted by molar-refractivity contribution is 6.41. The third-order valence-corrected chi connectivity index (χ3v) is 4.90. The summed E-state index contributed by atoms with van der Waals surface area (Å²) in [6.07, 6.45) is 1.53. The van der Waals surface area contributed by atoms with Crippen molar-refractivity contribution in [2.45, 2.75) is 0 Å². The van der Waals surface area contributed by atoms with E-state index < -0.39 is 0 Å². The van der Waals surface area contributed by atoms with Crippen LogP contribution >= 0.6 is 23.2 Å². The van der Waals surface area contributed by atoms with Gasteiger partial charge in [0.2, 0.25) is 0 Å². The van der Waals surface area contributed by atoms with Crippen molar-refractivity contribution in [3.63, 3.8) is 0 Å². The van der Waals surface area contributed by atoms with Crippen LogP contribution in [0.1, 0.15) is 0 Å². The number of ether oxygens (including phenoxy) is 2. The van der Waals surface area contributed by atoms with Crippen molar-refractivity contribution in [2.75, 3.05) is 14.2 Å². The second kappa shape index (κ2) is 6.27. The van der Waals surface area contributed by atoms with Crippen LogP contribution < -0.4 is 14.9 Å². The summed E-state index contributed by atoms with van der Waals surface area (Å²) in [5.74, 6) is 0.919. The molecule has 0 radical (unpaired) electrons. The summed E-state index contributed by atoms with van der Waals surface area (Å²) in [6, 6.07) is 8.04. The Hall–Kier alpha value is -2.63. The van der Waals surface area contributed by atoms with E-state index >= 15 is 0 Å². The number of halogens is 2. The molecule has 0 aliphatic heterocycles. The molecular weight excluding hydrogens is 379 g/mol. The topological polar surface area (TPSA) is 61.8 Å². The maximum Gasteiger partial charge on any atom is 0.193 e. The Labute approximate surface area is 157 Å². The summed E-state index contributed by atoms with van der Waals surface area (Å²) >= 11 is 12.9. The summed E-state index contributed by atoms with van der Waals surface area (Å²) in [5.41, 5.74) is 1.10. The molecule has 26 heavy (non-hydrogen) atoms. The number of benzene rings is 2. The van der Waals surface area contributed by atoms with Crippen LogP contribution in [0.2, 0.25) is 10.0 Å². The lowest BCUT2D eigenvalue weighted by Gasteiger charge is -2.14. The van der Waals surface area contributed by atoms with Crippen LogP contribution in [0.4, 0.5) is 0 Å². The van der Waals surface area contributed by atoms with Crippen molar-refractivity contribution in [2.24, 2.45) is 0 Å². The summed E-state index contributed by atoms with van der Waals surface area (Å²) in [6.45, 7) is 0. The molecule has 2 aromatic heterocycles.